The molecule has 2 heterocycles. The second-order valence-corrected chi connectivity index (χ2v) is 7.09. The van der Waals surface area contributed by atoms with Crippen molar-refractivity contribution >= 4 is 34.1 Å². The minimum Gasteiger partial charge on any atom is -0.378 e. The topological polar surface area (TPSA) is 67.3 Å². The lowest BCUT2D eigenvalue weighted by Crippen LogP contribution is -2.37. The molecule has 2 rings (SSSR count). The summed E-state index contributed by atoms with van der Waals surface area (Å²) in [7, 11) is 0. The Balaban J connectivity index is 1.85. The zero-order valence-electron chi connectivity index (χ0n) is 11.7. The van der Waals surface area contributed by atoms with Crippen molar-refractivity contribution in [1.29, 1.82) is 0 Å². The molecule has 0 aliphatic carbocycles. The number of carbonyl (C=O) groups excluding carboxylic acids is 1. The van der Waals surface area contributed by atoms with Crippen LogP contribution in [0.15, 0.2) is 4.34 Å². The van der Waals surface area contributed by atoms with Crippen molar-refractivity contribution in [3.05, 3.63) is 0 Å². The summed E-state index contributed by atoms with van der Waals surface area (Å²) >= 11 is 2.41. The number of amides is 1. The van der Waals surface area contributed by atoms with Crippen LogP contribution in [-0.2, 0) is 9.53 Å². The van der Waals surface area contributed by atoms with Crippen molar-refractivity contribution in [2.75, 3.05) is 37.7 Å². The number of morpholine rings is 1. The van der Waals surface area contributed by atoms with Crippen LogP contribution in [0.1, 0.15) is 6.92 Å². The molecule has 0 saturated carbocycles. The van der Waals surface area contributed by atoms with E-state index in [0.29, 0.717) is 17.6 Å². The Bertz CT molecular complexity index is 506. The van der Waals surface area contributed by atoms with Gasteiger partial charge in [0.1, 0.15) is 6.54 Å². The number of halogens is 3. The van der Waals surface area contributed by atoms with Gasteiger partial charge < -0.3 is 15.0 Å². The van der Waals surface area contributed by atoms with Gasteiger partial charge in [0, 0.05) is 13.1 Å². The zero-order chi connectivity index (χ0) is 16.2. The Hall–Kier alpha value is -1.07. The largest absolute Gasteiger partial charge is 0.405 e. The summed E-state index contributed by atoms with van der Waals surface area (Å²) in [6.07, 6.45) is -4.41. The highest BCUT2D eigenvalue weighted by molar-refractivity contribution is 8.02. The first-order chi connectivity index (χ1) is 10.3. The number of rotatable bonds is 5. The Morgan fingerprint density at radius 3 is 2.77 bits per heavy atom. The van der Waals surface area contributed by atoms with Crippen molar-refractivity contribution in [2.45, 2.75) is 22.7 Å². The molecule has 0 radical (unpaired) electrons. The fourth-order valence-corrected chi connectivity index (χ4v) is 3.73. The van der Waals surface area contributed by atoms with Gasteiger partial charge >= 0.3 is 6.18 Å². The lowest BCUT2D eigenvalue weighted by atomic mass is 10.4. The van der Waals surface area contributed by atoms with Gasteiger partial charge in [-0.25, -0.2) is 0 Å². The predicted molar refractivity (Wildman–Crippen MR) is 77.3 cm³/mol. The van der Waals surface area contributed by atoms with Gasteiger partial charge in [0.25, 0.3) is 0 Å². The molecule has 6 nitrogen and oxygen atoms in total. The summed E-state index contributed by atoms with van der Waals surface area (Å²) in [6, 6.07) is 0. The van der Waals surface area contributed by atoms with Crippen LogP contribution in [-0.4, -0.2) is 60.4 Å². The minimum absolute atomic E-state index is 0.552. The lowest BCUT2D eigenvalue weighted by molar-refractivity contribution is -0.137. The number of ether oxygens (including phenoxy) is 1. The quantitative estimate of drug-likeness (QED) is 0.807. The standard InChI is InChI=1S/C11H15F3N4O2S2/c1-7(8(19)15-6-11(12,13)14)21-10-17-16-9(22-10)18-2-4-20-5-3-18/h7H,2-6H2,1H3,(H,15,19)/t7-/m0/s1. The molecule has 1 fully saturated rings. The number of alkyl halides is 3. The molecule has 1 aliphatic rings. The molecule has 1 amide bonds. The fourth-order valence-electron chi connectivity index (χ4n) is 1.67. The summed E-state index contributed by atoms with van der Waals surface area (Å²) < 4.78 is 42.0. The SMILES string of the molecule is C[C@H](Sc1nnc(N2CCOCC2)s1)C(=O)NCC(F)(F)F. The maximum absolute atomic E-state index is 12.1. The number of hydrogen-bond donors (Lipinski definition) is 1. The maximum Gasteiger partial charge on any atom is 0.405 e. The van der Waals surface area contributed by atoms with Crippen LogP contribution < -0.4 is 10.2 Å². The molecule has 0 spiro atoms. The number of hydrogen-bond acceptors (Lipinski definition) is 7. The first kappa shape index (κ1) is 17.3. The summed E-state index contributed by atoms with van der Waals surface area (Å²) in [6.45, 7) is 2.90. The van der Waals surface area contributed by atoms with Crippen LogP contribution in [0.25, 0.3) is 0 Å². The average Bonchev–Trinajstić information content (AvgIpc) is 2.93. The molecule has 1 saturated heterocycles. The van der Waals surface area contributed by atoms with Gasteiger partial charge in [-0.3, -0.25) is 4.79 Å². The Kier molecular flexibility index (Phi) is 5.87. The molecule has 11 heteroatoms. The zero-order valence-corrected chi connectivity index (χ0v) is 13.4. The number of anilines is 1. The third-order valence-electron chi connectivity index (χ3n) is 2.79. The molecule has 0 bridgehead atoms. The van der Waals surface area contributed by atoms with Gasteiger partial charge in [-0.05, 0) is 6.92 Å². The van der Waals surface area contributed by atoms with Crippen LogP contribution in [0.3, 0.4) is 0 Å². The Morgan fingerprint density at radius 2 is 2.14 bits per heavy atom. The molecule has 1 aromatic heterocycles. The van der Waals surface area contributed by atoms with Crippen LogP contribution >= 0.6 is 23.1 Å². The smallest absolute Gasteiger partial charge is 0.378 e. The molecule has 1 atom stereocenters. The second kappa shape index (κ2) is 7.47. The Morgan fingerprint density at radius 1 is 1.45 bits per heavy atom. The van der Waals surface area contributed by atoms with Crippen molar-refractivity contribution in [2.24, 2.45) is 0 Å². The molecule has 1 aromatic rings. The van der Waals surface area contributed by atoms with Crippen molar-refractivity contribution in [3.8, 4) is 0 Å². The second-order valence-electron chi connectivity index (χ2n) is 4.54. The van der Waals surface area contributed by atoms with Gasteiger partial charge in [-0.2, -0.15) is 13.2 Å². The van der Waals surface area contributed by atoms with E-state index in [4.69, 9.17) is 4.74 Å². The van der Waals surface area contributed by atoms with Gasteiger partial charge in [0.2, 0.25) is 11.0 Å². The van der Waals surface area contributed by atoms with Crippen molar-refractivity contribution in [1.82, 2.24) is 15.5 Å². The van der Waals surface area contributed by atoms with E-state index in [1.165, 1.54) is 18.3 Å². The molecule has 124 valence electrons. The van der Waals surface area contributed by atoms with Gasteiger partial charge in [0.15, 0.2) is 4.34 Å². The third kappa shape index (κ3) is 5.29. The minimum atomic E-state index is -4.41. The van der Waals surface area contributed by atoms with E-state index in [9.17, 15) is 18.0 Å². The molecule has 1 aliphatic heterocycles. The highest BCUT2D eigenvalue weighted by Gasteiger charge is 2.29. The monoisotopic (exact) mass is 356 g/mol. The van der Waals surface area contributed by atoms with E-state index in [1.54, 1.807) is 0 Å². The van der Waals surface area contributed by atoms with Crippen LogP contribution in [0.4, 0.5) is 18.3 Å². The van der Waals surface area contributed by atoms with Crippen LogP contribution in [0, 0.1) is 0 Å². The number of carbonyl (C=O) groups is 1. The van der Waals surface area contributed by atoms with Crippen LogP contribution in [0.5, 0.6) is 0 Å². The van der Waals surface area contributed by atoms with E-state index in [2.05, 4.69) is 10.2 Å². The Labute approximate surface area is 133 Å². The van der Waals surface area contributed by atoms with E-state index in [-0.39, 0.29) is 0 Å². The van der Waals surface area contributed by atoms with Gasteiger partial charge in [0.05, 0.1) is 18.5 Å². The lowest BCUT2D eigenvalue weighted by Gasteiger charge is -2.25. The first-order valence-electron chi connectivity index (χ1n) is 6.52. The summed E-state index contributed by atoms with van der Waals surface area (Å²) in [5.41, 5.74) is 0. The highest BCUT2D eigenvalue weighted by atomic mass is 32.2. The summed E-state index contributed by atoms with van der Waals surface area (Å²) in [5.74, 6) is -0.676. The number of nitrogens with zero attached hydrogens (tertiary/aromatic N) is 3. The highest BCUT2D eigenvalue weighted by Crippen LogP contribution is 2.31. The summed E-state index contributed by atoms with van der Waals surface area (Å²) in [4.78, 5) is 13.6. The van der Waals surface area contributed by atoms with E-state index >= 15 is 0 Å². The number of nitrogens with one attached hydrogen (secondary N) is 1. The first-order valence-corrected chi connectivity index (χ1v) is 8.22. The molecular formula is C11H15F3N4O2S2. The predicted octanol–water partition coefficient (Wildman–Crippen LogP) is 1.53. The molecular weight excluding hydrogens is 341 g/mol. The third-order valence-corrected chi connectivity index (χ3v) is 4.96. The van der Waals surface area contributed by atoms with Crippen LogP contribution in [0.2, 0.25) is 0 Å². The average molecular weight is 356 g/mol. The van der Waals surface area contributed by atoms with Gasteiger partial charge in [-0.1, -0.05) is 23.1 Å². The van der Waals surface area contributed by atoms with E-state index in [0.717, 1.165) is 30.0 Å². The molecule has 0 aromatic carbocycles. The van der Waals surface area contributed by atoms with Gasteiger partial charge in [-0.15, -0.1) is 10.2 Å². The maximum atomic E-state index is 12.1. The van der Waals surface area contributed by atoms with E-state index in [1.807, 2.05) is 10.2 Å². The molecule has 1 N–H and O–H groups in total. The van der Waals surface area contributed by atoms with Crippen molar-refractivity contribution < 1.29 is 22.7 Å². The number of aromatic nitrogens is 2. The fraction of sp³-hybridized carbons (Fsp3) is 0.727. The molecule has 0 unspecified atom stereocenters. The van der Waals surface area contributed by atoms with Crippen molar-refractivity contribution in [3.63, 3.8) is 0 Å². The van der Waals surface area contributed by atoms with E-state index < -0.39 is 23.9 Å². The number of thioether (sulfide) groups is 1. The molecule has 22 heavy (non-hydrogen) atoms. The normalized spacial score (nSPS) is 17.4. The summed E-state index contributed by atoms with van der Waals surface area (Å²) in [5, 5.41) is 9.93.